The molecule has 0 radical (unpaired) electrons. The van der Waals surface area contributed by atoms with E-state index in [2.05, 4.69) is 11.6 Å². The molecule has 0 N–H and O–H groups in total. The smallest absolute Gasteiger partial charge is 0.225 e. The van der Waals surface area contributed by atoms with Crippen LogP contribution in [0.2, 0.25) is 0 Å². The molecule has 0 saturated carbocycles. The first-order chi connectivity index (χ1) is 5.74. The molecule has 1 aromatic heterocycles. The van der Waals surface area contributed by atoms with Crippen molar-refractivity contribution in [1.82, 2.24) is 4.98 Å². The maximum atomic E-state index is 12.5. The molecule has 0 unspecified atom stereocenters. The Morgan fingerprint density at radius 3 is 2.83 bits per heavy atom. The molecule has 0 atom stereocenters. The van der Waals surface area contributed by atoms with Gasteiger partial charge in [-0.15, -0.1) is 6.58 Å². The molecular weight excluding hydrogens is 160 g/mol. The number of allylic oxidation sites excluding steroid dienone is 1. The van der Waals surface area contributed by atoms with Gasteiger partial charge in [-0.3, -0.25) is 0 Å². The molecule has 0 spiro atoms. The Kier molecular flexibility index (Phi) is 2.91. The Hall–Kier alpha value is -1.25. The van der Waals surface area contributed by atoms with Crippen molar-refractivity contribution in [1.29, 1.82) is 0 Å². The van der Waals surface area contributed by atoms with Gasteiger partial charge in [-0.05, 0) is 24.5 Å². The first kappa shape index (κ1) is 8.84. The molecule has 0 aliphatic rings. The molecule has 1 nitrogen and oxygen atoms in total. The summed E-state index contributed by atoms with van der Waals surface area (Å²) >= 11 is 0. The van der Waals surface area contributed by atoms with E-state index in [1.807, 2.05) is 0 Å². The third-order valence-electron chi connectivity index (χ3n) is 1.49. The quantitative estimate of drug-likeness (QED) is 0.500. The van der Waals surface area contributed by atoms with Gasteiger partial charge in [0.2, 0.25) is 5.95 Å². The molecule has 64 valence electrons. The molecule has 0 fully saturated rings. The van der Waals surface area contributed by atoms with Gasteiger partial charge in [-0.1, -0.05) is 6.08 Å². The standard InChI is InChI=1S/C9H9F2N/c1-2-3-4-7-5-8(10)9(11)12-6-7/h2,5-6H,1,3-4H2. The molecule has 0 aromatic carbocycles. The lowest BCUT2D eigenvalue weighted by molar-refractivity contribution is 0.477. The third-order valence-corrected chi connectivity index (χ3v) is 1.49. The molecule has 3 heteroatoms. The van der Waals surface area contributed by atoms with Gasteiger partial charge < -0.3 is 0 Å². The van der Waals surface area contributed by atoms with Crippen molar-refractivity contribution in [2.75, 3.05) is 0 Å². The average Bonchev–Trinajstić information content (AvgIpc) is 2.07. The summed E-state index contributed by atoms with van der Waals surface area (Å²) in [7, 11) is 0. The van der Waals surface area contributed by atoms with Gasteiger partial charge in [0.25, 0.3) is 0 Å². The van der Waals surface area contributed by atoms with E-state index in [0.29, 0.717) is 12.0 Å². The highest BCUT2D eigenvalue weighted by Gasteiger charge is 2.02. The molecule has 0 amide bonds. The van der Waals surface area contributed by atoms with Crippen LogP contribution in [0.1, 0.15) is 12.0 Å². The molecule has 0 saturated heterocycles. The zero-order valence-electron chi connectivity index (χ0n) is 6.56. The SMILES string of the molecule is C=CCCc1cnc(F)c(F)c1. The Morgan fingerprint density at radius 1 is 1.50 bits per heavy atom. The van der Waals surface area contributed by atoms with Crippen LogP contribution in [0.5, 0.6) is 0 Å². The molecule has 1 rings (SSSR count). The lowest BCUT2D eigenvalue weighted by Gasteiger charge is -1.97. The summed E-state index contributed by atoms with van der Waals surface area (Å²) in [6.45, 7) is 3.53. The zero-order chi connectivity index (χ0) is 8.97. The largest absolute Gasteiger partial charge is 0.248 e. The van der Waals surface area contributed by atoms with E-state index in [-0.39, 0.29) is 0 Å². The molecular formula is C9H9F2N. The number of nitrogens with zero attached hydrogens (tertiary/aromatic N) is 1. The molecule has 0 aliphatic heterocycles. The van der Waals surface area contributed by atoms with Gasteiger partial charge in [0, 0.05) is 6.20 Å². The second-order valence-electron chi connectivity index (χ2n) is 2.44. The van der Waals surface area contributed by atoms with Gasteiger partial charge in [-0.2, -0.15) is 4.39 Å². The number of hydrogen-bond donors (Lipinski definition) is 0. The summed E-state index contributed by atoms with van der Waals surface area (Å²) in [6.07, 6.45) is 4.45. The van der Waals surface area contributed by atoms with Crippen molar-refractivity contribution in [3.05, 3.63) is 42.2 Å². The van der Waals surface area contributed by atoms with Gasteiger partial charge in [0.15, 0.2) is 5.82 Å². The van der Waals surface area contributed by atoms with E-state index in [1.54, 1.807) is 6.08 Å². The van der Waals surface area contributed by atoms with Crippen LogP contribution in [0.3, 0.4) is 0 Å². The molecule has 12 heavy (non-hydrogen) atoms. The van der Waals surface area contributed by atoms with Crippen LogP contribution in [-0.2, 0) is 6.42 Å². The van der Waals surface area contributed by atoms with Crippen LogP contribution in [0.25, 0.3) is 0 Å². The second-order valence-corrected chi connectivity index (χ2v) is 2.44. The maximum Gasteiger partial charge on any atom is 0.248 e. The average molecular weight is 169 g/mol. The highest BCUT2D eigenvalue weighted by molar-refractivity contribution is 5.11. The fourth-order valence-corrected chi connectivity index (χ4v) is 0.866. The van der Waals surface area contributed by atoms with E-state index in [4.69, 9.17) is 0 Å². The van der Waals surface area contributed by atoms with Gasteiger partial charge in [0.05, 0.1) is 0 Å². The van der Waals surface area contributed by atoms with Gasteiger partial charge in [0.1, 0.15) is 0 Å². The Morgan fingerprint density at radius 2 is 2.25 bits per heavy atom. The summed E-state index contributed by atoms with van der Waals surface area (Å²) in [5, 5.41) is 0. The summed E-state index contributed by atoms with van der Waals surface area (Å²) < 4.78 is 24.9. The van der Waals surface area contributed by atoms with Gasteiger partial charge >= 0.3 is 0 Å². The van der Waals surface area contributed by atoms with Crippen molar-refractivity contribution < 1.29 is 8.78 Å². The number of aryl methyl sites for hydroxylation is 1. The van der Waals surface area contributed by atoms with Crippen molar-refractivity contribution in [3.8, 4) is 0 Å². The van der Waals surface area contributed by atoms with Crippen LogP contribution in [0, 0.1) is 11.8 Å². The zero-order valence-corrected chi connectivity index (χ0v) is 6.56. The van der Waals surface area contributed by atoms with Crippen LogP contribution < -0.4 is 0 Å². The molecule has 1 heterocycles. The number of aromatic nitrogens is 1. The molecule has 1 aromatic rings. The van der Waals surface area contributed by atoms with Crippen LogP contribution in [-0.4, -0.2) is 4.98 Å². The van der Waals surface area contributed by atoms with E-state index >= 15 is 0 Å². The second kappa shape index (κ2) is 3.95. The van der Waals surface area contributed by atoms with Gasteiger partial charge in [-0.25, -0.2) is 9.37 Å². The minimum Gasteiger partial charge on any atom is -0.225 e. The lowest BCUT2D eigenvalue weighted by atomic mass is 10.1. The Bertz CT molecular complexity index is 284. The van der Waals surface area contributed by atoms with E-state index in [9.17, 15) is 8.78 Å². The van der Waals surface area contributed by atoms with Crippen LogP contribution in [0.4, 0.5) is 8.78 Å². The third kappa shape index (κ3) is 2.12. The van der Waals surface area contributed by atoms with Crippen molar-refractivity contribution >= 4 is 0 Å². The van der Waals surface area contributed by atoms with E-state index in [0.717, 1.165) is 12.5 Å². The lowest BCUT2D eigenvalue weighted by Crippen LogP contribution is -1.92. The first-order valence-electron chi connectivity index (χ1n) is 3.65. The maximum absolute atomic E-state index is 12.5. The summed E-state index contributed by atoms with van der Waals surface area (Å²) in [4.78, 5) is 3.26. The Balaban J connectivity index is 2.75. The van der Waals surface area contributed by atoms with E-state index < -0.39 is 11.8 Å². The summed E-state index contributed by atoms with van der Waals surface area (Å²) in [5.74, 6) is -1.94. The summed E-state index contributed by atoms with van der Waals surface area (Å²) in [6, 6.07) is 1.16. The minimum absolute atomic E-state index is 0.647. The van der Waals surface area contributed by atoms with Crippen molar-refractivity contribution in [2.24, 2.45) is 0 Å². The highest BCUT2D eigenvalue weighted by atomic mass is 19.2. The predicted octanol–water partition coefficient (Wildman–Crippen LogP) is 2.48. The number of halogens is 2. The predicted molar refractivity (Wildman–Crippen MR) is 42.7 cm³/mol. The summed E-state index contributed by atoms with van der Waals surface area (Å²) in [5.41, 5.74) is 0.689. The van der Waals surface area contributed by atoms with Crippen LogP contribution in [0.15, 0.2) is 24.9 Å². The number of rotatable bonds is 3. The molecule has 0 bridgehead atoms. The topological polar surface area (TPSA) is 12.9 Å². The van der Waals surface area contributed by atoms with E-state index in [1.165, 1.54) is 6.20 Å². The van der Waals surface area contributed by atoms with Crippen molar-refractivity contribution in [2.45, 2.75) is 12.8 Å². The fraction of sp³-hybridized carbons (Fsp3) is 0.222. The Labute approximate surface area is 69.8 Å². The fourth-order valence-electron chi connectivity index (χ4n) is 0.866. The highest BCUT2D eigenvalue weighted by Crippen LogP contribution is 2.07. The van der Waals surface area contributed by atoms with Crippen molar-refractivity contribution in [3.63, 3.8) is 0 Å². The van der Waals surface area contributed by atoms with Crippen LogP contribution >= 0.6 is 0 Å². The number of pyridine rings is 1. The monoisotopic (exact) mass is 169 g/mol. The molecule has 0 aliphatic carbocycles. The number of hydrogen-bond acceptors (Lipinski definition) is 1. The first-order valence-corrected chi connectivity index (χ1v) is 3.65. The normalized spacial score (nSPS) is 9.83. The minimum atomic E-state index is -1.04.